The molecule has 0 saturated carbocycles. The number of hydrogen-bond donors (Lipinski definition) is 0. The van der Waals surface area contributed by atoms with E-state index in [1.807, 2.05) is 66.7 Å². The van der Waals surface area contributed by atoms with Crippen LogP contribution in [0, 0.1) is 0 Å². The Morgan fingerprint density at radius 2 is 1.57 bits per heavy atom. The number of rotatable bonds is 8. The van der Waals surface area contributed by atoms with Gasteiger partial charge >= 0.3 is 0 Å². The average molecular weight is 540 g/mol. The monoisotopic (exact) mass is 539 g/mol. The number of hydrogen-bond acceptors (Lipinski definition) is 7. The maximum absolute atomic E-state index is 13.9. The van der Waals surface area contributed by atoms with E-state index in [1.165, 1.54) is 19.3 Å². The molecular weight excluding hydrogens is 506 g/mol. The third-order valence-electron chi connectivity index (χ3n) is 7.68. The van der Waals surface area contributed by atoms with Gasteiger partial charge in [-0.3, -0.25) is 9.69 Å². The summed E-state index contributed by atoms with van der Waals surface area (Å²) in [6.45, 7) is 4.16. The van der Waals surface area contributed by atoms with Crippen LogP contribution >= 0.6 is 0 Å². The molecule has 1 aromatic heterocycles. The van der Waals surface area contributed by atoms with Crippen LogP contribution in [0.4, 0.5) is 5.69 Å². The zero-order chi connectivity index (χ0) is 27.5. The number of amides is 1. The first kappa shape index (κ1) is 26.0. The highest BCUT2D eigenvalue weighted by molar-refractivity contribution is 6.09. The van der Waals surface area contributed by atoms with Crippen molar-refractivity contribution in [3.05, 3.63) is 77.9 Å². The lowest BCUT2D eigenvalue weighted by Gasteiger charge is -2.29. The Morgan fingerprint density at radius 1 is 0.875 bits per heavy atom. The molecule has 0 aliphatic carbocycles. The van der Waals surface area contributed by atoms with E-state index in [2.05, 4.69) is 10.1 Å². The number of ether oxygens (including phenoxy) is 3. The molecule has 2 aliphatic heterocycles. The zero-order valence-corrected chi connectivity index (χ0v) is 22.9. The lowest BCUT2D eigenvalue weighted by molar-refractivity contribution is 0.0985. The van der Waals surface area contributed by atoms with Crippen LogP contribution in [0.15, 0.2) is 71.3 Å². The first-order valence-electron chi connectivity index (χ1n) is 13.7. The Bertz CT molecular complexity index is 1460. The molecule has 3 aromatic carbocycles. The first-order chi connectivity index (χ1) is 19.6. The summed E-state index contributed by atoms with van der Waals surface area (Å²) in [6.07, 6.45) is 3.85. The highest BCUT2D eigenvalue weighted by Gasteiger charge is 2.33. The molecule has 206 valence electrons. The van der Waals surface area contributed by atoms with E-state index in [0.717, 1.165) is 59.2 Å². The third kappa shape index (κ3) is 5.14. The predicted octanol–water partition coefficient (Wildman–Crippen LogP) is 6.05. The van der Waals surface area contributed by atoms with E-state index < -0.39 is 0 Å². The lowest BCUT2D eigenvalue weighted by Crippen LogP contribution is -2.33. The smallest absolute Gasteiger partial charge is 0.258 e. The topological polar surface area (TPSA) is 77.3 Å². The number of anilines is 1. The molecule has 0 unspecified atom stereocenters. The van der Waals surface area contributed by atoms with Gasteiger partial charge in [0.2, 0.25) is 0 Å². The molecule has 8 heteroatoms. The van der Waals surface area contributed by atoms with Crippen LogP contribution in [0.1, 0.15) is 35.2 Å². The molecule has 40 heavy (non-hydrogen) atoms. The van der Waals surface area contributed by atoms with Gasteiger partial charge in [-0.25, -0.2) is 0 Å². The molecule has 8 nitrogen and oxygen atoms in total. The van der Waals surface area contributed by atoms with Crippen molar-refractivity contribution in [1.29, 1.82) is 0 Å². The number of benzene rings is 3. The molecule has 0 N–H and O–H groups in total. The minimum atomic E-state index is -0.123. The van der Waals surface area contributed by atoms with Gasteiger partial charge in [-0.2, -0.15) is 0 Å². The van der Waals surface area contributed by atoms with Crippen LogP contribution < -0.4 is 19.1 Å². The van der Waals surface area contributed by atoms with Gasteiger partial charge in [-0.15, -0.1) is 0 Å². The van der Waals surface area contributed by atoms with Crippen LogP contribution in [0.3, 0.4) is 0 Å². The SMILES string of the molecule is COc1ccc(-c2onc3c2CN(C(=O)c2ccc(OCCN4CCCCC4)cc2)c2cc(OC)ccc2-3)cc1. The number of fused-ring (bicyclic) bond motifs is 3. The summed E-state index contributed by atoms with van der Waals surface area (Å²) in [6, 6.07) is 20.7. The molecule has 0 bridgehead atoms. The number of piperidine rings is 1. The van der Waals surface area contributed by atoms with Gasteiger partial charge in [0.25, 0.3) is 5.91 Å². The predicted molar refractivity (Wildman–Crippen MR) is 153 cm³/mol. The van der Waals surface area contributed by atoms with Crippen LogP contribution in [0.5, 0.6) is 17.2 Å². The van der Waals surface area contributed by atoms with Crippen molar-refractivity contribution in [2.75, 3.05) is 45.4 Å². The van der Waals surface area contributed by atoms with Crippen molar-refractivity contribution in [1.82, 2.24) is 10.1 Å². The van der Waals surface area contributed by atoms with E-state index >= 15 is 0 Å². The molecule has 0 atom stereocenters. The molecule has 1 amide bonds. The molecule has 0 spiro atoms. The van der Waals surface area contributed by atoms with E-state index in [1.54, 1.807) is 19.1 Å². The molecule has 3 heterocycles. The standard InChI is InChI=1S/C32H33N3O5/c1-37-24-10-6-22(7-11-24)31-28-21-35(29-20-26(38-2)14-15-27(29)30(28)33-40-31)32(36)23-8-12-25(13-9-23)39-19-18-34-16-4-3-5-17-34/h6-15,20H,3-5,16-19,21H2,1-2H3. The summed E-state index contributed by atoms with van der Waals surface area (Å²) in [4.78, 5) is 18.1. The van der Waals surface area contributed by atoms with Crippen molar-refractivity contribution in [3.8, 4) is 39.8 Å². The fourth-order valence-corrected chi connectivity index (χ4v) is 5.45. The fraction of sp³-hybridized carbons (Fsp3) is 0.312. The second kappa shape index (κ2) is 11.4. The highest BCUT2D eigenvalue weighted by Crippen LogP contribution is 2.44. The van der Waals surface area contributed by atoms with Crippen molar-refractivity contribution < 1.29 is 23.5 Å². The van der Waals surface area contributed by atoms with Crippen LogP contribution in [0.2, 0.25) is 0 Å². The highest BCUT2D eigenvalue weighted by atomic mass is 16.5. The largest absolute Gasteiger partial charge is 0.497 e. The summed E-state index contributed by atoms with van der Waals surface area (Å²) in [5.41, 5.74) is 4.57. The number of carbonyl (C=O) groups is 1. The second-order valence-electron chi connectivity index (χ2n) is 10.1. The Balaban J connectivity index is 1.25. The van der Waals surface area contributed by atoms with Gasteiger partial charge in [0, 0.05) is 34.9 Å². The Labute approximate surface area is 234 Å². The third-order valence-corrected chi connectivity index (χ3v) is 7.68. The van der Waals surface area contributed by atoms with Crippen molar-refractivity contribution in [2.45, 2.75) is 25.8 Å². The normalized spacial score (nSPS) is 14.8. The van der Waals surface area contributed by atoms with Gasteiger partial charge in [0.05, 0.1) is 26.5 Å². The van der Waals surface area contributed by atoms with Crippen molar-refractivity contribution in [3.63, 3.8) is 0 Å². The number of aromatic nitrogens is 1. The summed E-state index contributed by atoms with van der Waals surface area (Å²) < 4.78 is 22.6. The van der Waals surface area contributed by atoms with Crippen molar-refractivity contribution in [2.24, 2.45) is 0 Å². The molecular formula is C32H33N3O5. The molecule has 6 rings (SSSR count). The molecule has 0 radical (unpaired) electrons. The van der Waals surface area contributed by atoms with Gasteiger partial charge in [-0.1, -0.05) is 11.6 Å². The van der Waals surface area contributed by atoms with E-state index in [4.69, 9.17) is 18.7 Å². The Kier molecular flexibility index (Phi) is 7.42. The first-order valence-corrected chi connectivity index (χ1v) is 13.7. The van der Waals surface area contributed by atoms with Crippen LogP contribution in [-0.2, 0) is 6.54 Å². The number of nitrogens with zero attached hydrogens (tertiary/aromatic N) is 3. The molecule has 2 aliphatic rings. The number of likely N-dealkylation sites (tertiary alicyclic amines) is 1. The molecule has 1 fully saturated rings. The molecule has 4 aromatic rings. The van der Waals surface area contributed by atoms with Crippen LogP contribution in [-0.4, -0.2) is 56.4 Å². The maximum atomic E-state index is 13.9. The van der Waals surface area contributed by atoms with E-state index in [-0.39, 0.29) is 5.91 Å². The van der Waals surface area contributed by atoms with Crippen LogP contribution in [0.25, 0.3) is 22.6 Å². The van der Waals surface area contributed by atoms with Gasteiger partial charge in [-0.05, 0) is 86.6 Å². The zero-order valence-electron chi connectivity index (χ0n) is 22.9. The summed E-state index contributed by atoms with van der Waals surface area (Å²) in [5, 5.41) is 4.41. The summed E-state index contributed by atoms with van der Waals surface area (Å²) in [5.74, 6) is 2.69. The Hall–Kier alpha value is -4.30. The second-order valence-corrected chi connectivity index (χ2v) is 10.1. The van der Waals surface area contributed by atoms with Crippen molar-refractivity contribution >= 4 is 11.6 Å². The van der Waals surface area contributed by atoms with Gasteiger partial charge < -0.3 is 23.6 Å². The van der Waals surface area contributed by atoms with Gasteiger partial charge in [0.1, 0.15) is 29.5 Å². The summed E-state index contributed by atoms with van der Waals surface area (Å²) >= 11 is 0. The minimum Gasteiger partial charge on any atom is -0.497 e. The maximum Gasteiger partial charge on any atom is 0.258 e. The lowest BCUT2D eigenvalue weighted by atomic mass is 9.95. The summed E-state index contributed by atoms with van der Waals surface area (Å²) in [7, 11) is 3.25. The quantitative estimate of drug-likeness (QED) is 0.270. The fourth-order valence-electron chi connectivity index (χ4n) is 5.45. The molecule has 1 saturated heterocycles. The number of methoxy groups -OCH3 is 2. The average Bonchev–Trinajstić information content (AvgIpc) is 3.45. The Morgan fingerprint density at radius 3 is 2.30 bits per heavy atom. The van der Waals surface area contributed by atoms with E-state index in [9.17, 15) is 4.79 Å². The number of carbonyl (C=O) groups excluding carboxylic acids is 1. The van der Waals surface area contributed by atoms with Gasteiger partial charge in [0.15, 0.2) is 5.76 Å². The minimum absolute atomic E-state index is 0.123. The van der Waals surface area contributed by atoms with E-state index in [0.29, 0.717) is 30.2 Å².